The molecule has 0 saturated heterocycles. The van der Waals surface area contributed by atoms with Gasteiger partial charge in [-0.2, -0.15) is 13.2 Å². The molecule has 184 valence electrons. The third-order valence-corrected chi connectivity index (χ3v) is 5.98. The van der Waals surface area contributed by atoms with Crippen molar-refractivity contribution in [1.82, 2.24) is 9.97 Å². The number of fused-ring (bicyclic) bond motifs is 1. The first-order valence-electron chi connectivity index (χ1n) is 10.6. The summed E-state index contributed by atoms with van der Waals surface area (Å²) in [6.45, 7) is 3.38. The van der Waals surface area contributed by atoms with E-state index in [1.165, 1.54) is 0 Å². The van der Waals surface area contributed by atoms with E-state index >= 15 is 0 Å². The molecule has 3 aromatic rings. The molecule has 10 heteroatoms. The molecule has 0 radical (unpaired) electrons. The Morgan fingerprint density at radius 3 is 2.56 bits per heavy atom. The van der Waals surface area contributed by atoms with Crippen LogP contribution in [0, 0.1) is 13.8 Å². The van der Waals surface area contributed by atoms with Crippen LogP contribution >= 0.6 is 11.8 Å². The standard InChI is InChI=1S/C24H27F3N2O4S/c1-16-12-22(19-13-18(30-3)4-5-20(19)29-16)33-14-21-17(2)23(6-7-28-21)34-11-10-31-8-9-32-15-24(25,26)27/h4-7,12-13H,8-11,14-15H2,1-3H3. The largest absolute Gasteiger partial charge is 0.497 e. The highest BCUT2D eigenvalue weighted by Gasteiger charge is 2.27. The lowest BCUT2D eigenvalue weighted by Gasteiger charge is -2.14. The van der Waals surface area contributed by atoms with Gasteiger partial charge in [0.25, 0.3) is 0 Å². The number of alkyl halides is 3. The molecule has 3 rings (SSSR count). The summed E-state index contributed by atoms with van der Waals surface area (Å²) >= 11 is 1.59. The fourth-order valence-corrected chi connectivity index (χ4v) is 4.08. The Hall–Kier alpha value is -2.56. The van der Waals surface area contributed by atoms with Gasteiger partial charge in [0, 0.05) is 34.0 Å². The maximum absolute atomic E-state index is 12.0. The third kappa shape index (κ3) is 7.75. The Balaban J connectivity index is 1.53. The molecule has 0 aliphatic heterocycles. The van der Waals surface area contributed by atoms with Crippen LogP contribution in [-0.4, -0.2) is 55.4 Å². The molecule has 0 saturated carbocycles. The van der Waals surface area contributed by atoms with Crippen molar-refractivity contribution in [2.75, 3.05) is 39.3 Å². The van der Waals surface area contributed by atoms with E-state index in [-0.39, 0.29) is 13.2 Å². The smallest absolute Gasteiger partial charge is 0.411 e. The number of thioether (sulfide) groups is 1. The summed E-state index contributed by atoms with van der Waals surface area (Å²) in [5.74, 6) is 2.09. The minimum Gasteiger partial charge on any atom is -0.497 e. The maximum atomic E-state index is 12.0. The Bertz CT molecular complexity index is 1100. The van der Waals surface area contributed by atoms with Crippen molar-refractivity contribution in [2.45, 2.75) is 31.5 Å². The van der Waals surface area contributed by atoms with Crippen molar-refractivity contribution in [2.24, 2.45) is 0 Å². The highest BCUT2D eigenvalue weighted by Crippen LogP contribution is 2.30. The van der Waals surface area contributed by atoms with E-state index in [0.29, 0.717) is 24.7 Å². The zero-order valence-corrected chi connectivity index (χ0v) is 20.1. The van der Waals surface area contributed by atoms with Crippen LogP contribution in [0.3, 0.4) is 0 Å². The molecule has 0 fully saturated rings. The van der Waals surface area contributed by atoms with Crippen LogP contribution in [0.2, 0.25) is 0 Å². The molecule has 2 aromatic heterocycles. The summed E-state index contributed by atoms with van der Waals surface area (Å²) < 4.78 is 57.4. The first-order valence-corrected chi connectivity index (χ1v) is 11.6. The number of rotatable bonds is 12. The molecular weight excluding hydrogens is 469 g/mol. The second-order valence-corrected chi connectivity index (χ2v) is 8.58. The molecule has 0 atom stereocenters. The lowest BCUT2D eigenvalue weighted by Crippen LogP contribution is -2.19. The normalized spacial score (nSPS) is 11.7. The van der Waals surface area contributed by atoms with Crippen LogP contribution < -0.4 is 9.47 Å². The first-order chi connectivity index (χ1) is 16.3. The molecule has 0 amide bonds. The van der Waals surface area contributed by atoms with Gasteiger partial charge in [-0.1, -0.05) is 0 Å². The van der Waals surface area contributed by atoms with E-state index in [4.69, 9.17) is 14.2 Å². The van der Waals surface area contributed by atoms with Crippen molar-refractivity contribution >= 4 is 22.7 Å². The molecular formula is C24H27F3N2O4S. The monoisotopic (exact) mass is 496 g/mol. The number of hydrogen-bond donors (Lipinski definition) is 0. The predicted molar refractivity (Wildman–Crippen MR) is 125 cm³/mol. The molecule has 0 bridgehead atoms. The molecule has 34 heavy (non-hydrogen) atoms. The summed E-state index contributed by atoms with van der Waals surface area (Å²) in [5.41, 5.74) is 3.50. The van der Waals surface area contributed by atoms with Gasteiger partial charge < -0.3 is 18.9 Å². The number of halogens is 3. The topological polar surface area (TPSA) is 62.7 Å². The van der Waals surface area contributed by atoms with Gasteiger partial charge in [-0.3, -0.25) is 9.97 Å². The van der Waals surface area contributed by atoms with Gasteiger partial charge in [-0.05, 0) is 43.7 Å². The van der Waals surface area contributed by atoms with Gasteiger partial charge in [-0.25, -0.2) is 0 Å². The van der Waals surface area contributed by atoms with Gasteiger partial charge in [-0.15, -0.1) is 11.8 Å². The predicted octanol–water partition coefficient (Wildman–Crippen LogP) is 5.52. The van der Waals surface area contributed by atoms with Gasteiger partial charge >= 0.3 is 6.18 Å². The molecule has 0 aliphatic rings. The second-order valence-electron chi connectivity index (χ2n) is 7.44. The van der Waals surface area contributed by atoms with E-state index < -0.39 is 12.8 Å². The quantitative estimate of drug-likeness (QED) is 0.242. The molecule has 0 spiro atoms. The molecule has 0 aliphatic carbocycles. The number of hydrogen-bond acceptors (Lipinski definition) is 7. The van der Waals surface area contributed by atoms with Crippen LogP contribution in [0.4, 0.5) is 13.2 Å². The summed E-state index contributed by atoms with van der Waals surface area (Å²) in [6, 6.07) is 9.49. The van der Waals surface area contributed by atoms with Gasteiger partial charge in [0.15, 0.2) is 0 Å². The molecule has 6 nitrogen and oxygen atoms in total. The number of benzene rings is 1. The van der Waals surface area contributed by atoms with Crippen LogP contribution in [0.1, 0.15) is 17.0 Å². The van der Waals surface area contributed by atoms with Crippen LogP contribution in [0.5, 0.6) is 11.5 Å². The van der Waals surface area contributed by atoms with Crippen molar-refractivity contribution in [3.05, 3.63) is 53.5 Å². The summed E-state index contributed by atoms with van der Waals surface area (Å²) in [6.07, 6.45) is -2.58. The maximum Gasteiger partial charge on any atom is 0.411 e. The van der Waals surface area contributed by atoms with E-state index in [2.05, 4.69) is 14.7 Å². The molecule has 0 unspecified atom stereocenters. The van der Waals surface area contributed by atoms with Crippen molar-refractivity contribution in [1.29, 1.82) is 0 Å². The Labute approximate surface area is 200 Å². The van der Waals surface area contributed by atoms with Crippen LogP contribution in [0.25, 0.3) is 10.9 Å². The van der Waals surface area contributed by atoms with Crippen molar-refractivity contribution in [3.63, 3.8) is 0 Å². The van der Waals surface area contributed by atoms with E-state index in [0.717, 1.165) is 38.5 Å². The fourth-order valence-electron chi connectivity index (χ4n) is 3.17. The van der Waals surface area contributed by atoms with Gasteiger partial charge in [0.2, 0.25) is 0 Å². The number of aryl methyl sites for hydroxylation is 1. The summed E-state index contributed by atoms with van der Waals surface area (Å²) in [7, 11) is 1.62. The minimum atomic E-state index is -4.31. The molecule has 0 N–H and O–H groups in total. The fraction of sp³-hybridized carbons (Fsp3) is 0.417. The number of methoxy groups -OCH3 is 1. The van der Waals surface area contributed by atoms with E-state index in [1.807, 2.05) is 44.2 Å². The van der Waals surface area contributed by atoms with Crippen molar-refractivity contribution < 1.29 is 32.1 Å². The second kappa shape index (κ2) is 12.2. The van der Waals surface area contributed by atoms with Crippen LogP contribution in [-0.2, 0) is 16.1 Å². The molecule has 2 heterocycles. The Kier molecular flexibility index (Phi) is 9.37. The Morgan fingerprint density at radius 2 is 1.79 bits per heavy atom. The zero-order chi connectivity index (χ0) is 24.6. The lowest BCUT2D eigenvalue weighted by molar-refractivity contribution is -0.176. The lowest BCUT2D eigenvalue weighted by atomic mass is 10.1. The highest BCUT2D eigenvalue weighted by atomic mass is 32.2. The number of pyridine rings is 2. The molecule has 1 aromatic carbocycles. The summed E-state index contributed by atoms with van der Waals surface area (Å²) in [4.78, 5) is 10.1. The number of nitrogens with zero attached hydrogens (tertiary/aromatic N) is 2. The van der Waals surface area contributed by atoms with E-state index in [1.54, 1.807) is 25.1 Å². The van der Waals surface area contributed by atoms with E-state index in [9.17, 15) is 13.2 Å². The number of ether oxygens (including phenoxy) is 4. The van der Waals surface area contributed by atoms with Gasteiger partial charge in [0.05, 0.1) is 38.1 Å². The zero-order valence-electron chi connectivity index (χ0n) is 19.3. The SMILES string of the molecule is COc1ccc2nc(C)cc(OCc3nccc(SCCOCCOCC(F)(F)F)c3C)c2c1. The highest BCUT2D eigenvalue weighted by molar-refractivity contribution is 7.99. The third-order valence-electron chi connectivity index (χ3n) is 4.85. The van der Waals surface area contributed by atoms with Gasteiger partial charge in [0.1, 0.15) is 24.7 Å². The van der Waals surface area contributed by atoms with Crippen LogP contribution in [0.15, 0.2) is 41.4 Å². The average molecular weight is 497 g/mol. The minimum absolute atomic E-state index is 0.0883. The summed E-state index contributed by atoms with van der Waals surface area (Å²) in [5, 5.41) is 0.865. The average Bonchev–Trinajstić information content (AvgIpc) is 2.79. The Morgan fingerprint density at radius 1 is 1.00 bits per heavy atom. The number of aromatic nitrogens is 2. The first kappa shape index (κ1) is 26.1. The van der Waals surface area contributed by atoms with Crippen molar-refractivity contribution in [3.8, 4) is 11.5 Å².